The average Bonchev–Trinajstić information content (AvgIpc) is 2.45. The third-order valence-electron chi connectivity index (χ3n) is 2.65. The van der Waals surface area contributed by atoms with E-state index in [4.69, 9.17) is 9.47 Å². The van der Waals surface area contributed by atoms with Gasteiger partial charge in [-0.15, -0.1) is 0 Å². The number of rotatable bonds is 4. The SMILES string of the molecule is CC(C)(C)OC(=O)c1cccc(COc2cc[c]cc2)c1. The smallest absolute Gasteiger partial charge is 0.338 e. The fraction of sp³-hybridized carbons (Fsp3) is 0.278. The largest absolute Gasteiger partial charge is 0.489 e. The van der Waals surface area contributed by atoms with Gasteiger partial charge in [-0.1, -0.05) is 24.3 Å². The van der Waals surface area contributed by atoms with Gasteiger partial charge in [0.1, 0.15) is 18.0 Å². The Morgan fingerprint density at radius 1 is 1.14 bits per heavy atom. The predicted octanol–water partition coefficient (Wildman–Crippen LogP) is 4.02. The zero-order chi connectivity index (χ0) is 15.3. The van der Waals surface area contributed by atoms with E-state index in [1.54, 1.807) is 24.3 Å². The van der Waals surface area contributed by atoms with Gasteiger partial charge < -0.3 is 9.47 Å². The van der Waals surface area contributed by atoms with Crippen molar-refractivity contribution in [3.63, 3.8) is 0 Å². The molecule has 0 fully saturated rings. The second kappa shape index (κ2) is 6.44. The summed E-state index contributed by atoms with van der Waals surface area (Å²) in [4.78, 5) is 12.0. The molecule has 0 atom stereocenters. The van der Waals surface area contributed by atoms with E-state index in [1.807, 2.05) is 45.0 Å². The van der Waals surface area contributed by atoms with E-state index in [0.717, 1.165) is 11.3 Å². The summed E-state index contributed by atoms with van der Waals surface area (Å²) < 4.78 is 11.0. The molecule has 0 unspecified atom stereocenters. The molecule has 2 rings (SSSR count). The van der Waals surface area contributed by atoms with E-state index in [9.17, 15) is 4.79 Å². The van der Waals surface area contributed by atoms with E-state index in [-0.39, 0.29) is 5.97 Å². The van der Waals surface area contributed by atoms with Crippen molar-refractivity contribution in [1.29, 1.82) is 0 Å². The molecule has 0 heterocycles. The zero-order valence-electron chi connectivity index (χ0n) is 12.6. The van der Waals surface area contributed by atoms with Gasteiger partial charge in [-0.3, -0.25) is 0 Å². The maximum Gasteiger partial charge on any atom is 0.338 e. The van der Waals surface area contributed by atoms with Crippen molar-refractivity contribution in [3.8, 4) is 5.75 Å². The summed E-state index contributed by atoms with van der Waals surface area (Å²) in [5.74, 6) is 0.454. The van der Waals surface area contributed by atoms with Crippen LogP contribution in [0.1, 0.15) is 36.7 Å². The standard InChI is InChI=1S/C18H19O3/c1-18(2,3)21-17(19)15-9-7-8-14(12-15)13-20-16-10-5-4-6-11-16/h5-12H,13H2,1-3H3. The van der Waals surface area contributed by atoms with Gasteiger partial charge in [0.25, 0.3) is 0 Å². The third-order valence-corrected chi connectivity index (χ3v) is 2.65. The van der Waals surface area contributed by atoms with Crippen LogP contribution in [0.15, 0.2) is 48.5 Å². The highest BCUT2D eigenvalue weighted by atomic mass is 16.6. The van der Waals surface area contributed by atoms with E-state index in [2.05, 4.69) is 6.07 Å². The van der Waals surface area contributed by atoms with Crippen LogP contribution in [0, 0.1) is 6.07 Å². The lowest BCUT2D eigenvalue weighted by Gasteiger charge is -2.19. The molecule has 3 heteroatoms. The summed E-state index contributed by atoms with van der Waals surface area (Å²) in [7, 11) is 0. The summed E-state index contributed by atoms with van der Waals surface area (Å²) >= 11 is 0. The van der Waals surface area contributed by atoms with Crippen LogP contribution < -0.4 is 4.74 Å². The molecule has 0 amide bonds. The Labute approximate surface area is 125 Å². The van der Waals surface area contributed by atoms with Crippen LogP contribution in [-0.4, -0.2) is 11.6 Å². The Bertz CT molecular complexity index is 597. The summed E-state index contributed by atoms with van der Waals surface area (Å²) in [5, 5.41) is 0. The molecule has 0 aliphatic carbocycles. The predicted molar refractivity (Wildman–Crippen MR) is 81.2 cm³/mol. The van der Waals surface area contributed by atoms with Gasteiger partial charge in [-0.25, -0.2) is 4.79 Å². The van der Waals surface area contributed by atoms with Gasteiger partial charge in [0.05, 0.1) is 5.56 Å². The lowest BCUT2D eigenvalue weighted by Crippen LogP contribution is -2.23. The molecule has 109 valence electrons. The van der Waals surface area contributed by atoms with Crippen molar-refractivity contribution in [2.24, 2.45) is 0 Å². The Hall–Kier alpha value is -2.29. The van der Waals surface area contributed by atoms with E-state index in [1.165, 1.54) is 0 Å². The second-order valence-electron chi connectivity index (χ2n) is 5.73. The highest BCUT2D eigenvalue weighted by Gasteiger charge is 2.17. The van der Waals surface area contributed by atoms with Crippen LogP contribution in [0.25, 0.3) is 0 Å². The fourth-order valence-electron chi connectivity index (χ4n) is 1.76. The molecule has 1 radical (unpaired) electrons. The molecule has 2 aromatic carbocycles. The molecular formula is C18H19O3. The minimum Gasteiger partial charge on any atom is -0.489 e. The topological polar surface area (TPSA) is 35.5 Å². The number of carbonyl (C=O) groups is 1. The summed E-state index contributed by atoms with van der Waals surface area (Å²) in [5.41, 5.74) is 0.961. The normalized spacial score (nSPS) is 11.0. The van der Waals surface area contributed by atoms with Crippen LogP contribution in [0.4, 0.5) is 0 Å². The highest BCUT2D eigenvalue weighted by molar-refractivity contribution is 5.89. The molecule has 0 aromatic heterocycles. The lowest BCUT2D eigenvalue weighted by atomic mass is 10.1. The molecule has 0 aliphatic heterocycles. The monoisotopic (exact) mass is 283 g/mol. The minimum atomic E-state index is -0.496. The Morgan fingerprint density at radius 2 is 1.86 bits per heavy atom. The van der Waals surface area contributed by atoms with Gasteiger partial charge in [-0.2, -0.15) is 0 Å². The first-order valence-corrected chi connectivity index (χ1v) is 6.85. The quantitative estimate of drug-likeness (QED) is 0.795. The van der Waals surface area contributed by atoms with E-state index >= 15 is 0 Å². The molecule has 0 saturated carbocycles. The second-order valence-corrected chi connectivity index (χ2v) is 5.73. The van der Waals surface area contributed by atoms with Gasteiger partial charge >= 0.3 is 5.97 Å². The Kier molecular flexibility index (Phi) is 4.63. The molecule has 0 bridgehead atoms. The van der Waals surface area contributed by atoms with Crippen LogP contribution in [-0.2, 0) is 11.3 Å². The van der Waals surface area contributed by atoms with Crippen LogP contribution >= 0.6 is 0 Å². The molecule has 3 nitrogen and oxygen atoms in total. The molecule has 0 aliphatic rings. The molecule has 0 N–H and O–H groups in total. The van der Waals surface area contributed by atoms with Gasteiger partial charge in [-0.05, 0) is 56.7 Å². The van der Waals surface area contributed by atoms with Crippen molar-refractivity contribution in [1.82, 2.24) is 0 Å². The third kappa shape index (κ3) is 4.95. The van der Waals surface area contributed by atoms with Gasteiger partial charge in [0.2, 0.25) is 0 Å². The minimum absolute atomic E-state index is 0.321. The lowest BCUT2D eigenvalue weighted by molar-refractivity contribution is 0.00694. The first-order chi connectivity index (χ1) is 9.94. The maximum atomic E-state index is 12.0. The van der Waals surface area contributed by atoms with Crippen LogP contribution in [0.3, 0.4) is 0 Å². The fourth-order valence-corrected chi connectivity index (χ4v) is 1.76. The molecule has 21 heavy (non-hydrogen) atoms. The number of hydrogen-bond acceptors (Lipinski definition) is 3. The summed E-state index contributed by atoms with van der Waals surface area (Å²) in [6.45, 7) is 5.96. The molecule has 0 spiro atoms. The highest BCUT2D eigenvalue weighted by Crippen LogP contribution is 2.15. The number of esters is 1. The van der Waals surface area contributed by atoms with Crippen LogP contribution in [0.2, 0.25) is 0 Å². The van der Waals surface area contributed by atoms with E-state index < -0.39 is 5.60 Å². The number of hydrogen-bond donors (Lipinski definition) is 0. The Balaban J connectivity index is 2.02. The molecular weight excluding hydrogens is 264 g/mol. The average molecular weight is 283 g/mol. The number of ether oxygens (including phenoxy) is 2. The van der Waals surface area contributed by atoms with Crippen molar-refractivity contribution >= 4 is 5.97 Å². The van der Waals surface area contributed by atoms with Crippen molar-refractivity contribution in [2.75, 3.05) is 0 Å². The molecule has 0 saturated heterocycles. The van der Waals surface area contributed by atoms with Crippen LogP contribution in [0.5, 0.6) is 5.75 Å². The number of benzene rings is 2. The maximum absolute atomic E-state index is 12.0. The zero-order valence-corrected chi connectivity index (χ0v) is 12.6. The summed E-state index contributed by atoms with van der Waals surface area (Å²) in [6, 6.07) is 17.5. The first-order valence-electron chi connectivity index (χ1n) is 6.85. The molecule has 2 aromatic rings. The van der Waals surface area contributed by atoms with Gasteiger partial charge in [0.15, 0.2) is 0 Å². The Morgan fingerprint density at radius 3 is 2.52 bits per heavy atom. The van der Waals surface area contributed by atoms with Crippen molar-refractivity contribution in [2.45, 2.75) is 33.0 Å². The van der Waals surface area contributed by atoms with Gasteiger partial charge in [0, 0.05) is 0 Å². The number of carbonyl (C=O) groups excluding carboxylic acids is 1. The van der Waals surface area contributed by atoms with Crippen molar-refractivity contribution < 1.29 is 14.3 Å². The van der Waals surface area contributed by atoms with Crippen molar-refractivity contribution in [3.05, 3.63) is 65.7 Å². The summed E-state index contributed by atoms with van der Waals surface area (Å²) in [6.07, 6.45) is 0. The van der Waals surface area contributed by atoms with E-state index in [0.29, 0.717) is 12.2 Å². The first kappa shape index (κ1) is 15.1.